The summed E-state index contributed by atoms with van der Waals surface area (Å²) in [5, 5.41) is 2.94. The molecule has 0 heterocycles. The molecule has 0 atom stereocenters. The van der Waals surface area contributed by atoms with Crippen molar-refractivity contribution < 1.29 is 9.59 Å². The summed E-state index contributed by atoms with van der Waals surface area (Å²) in [6, 6.07) is 5.98. The van der Waals surface area contributed by atoms with E-state index in [1.54, 1.807) is 4.90 Å². The van der Waals surface area contributed by atoms with Gasteiger partial charge < -0.3 is 10.2 Å². The Kier molecular flexibility index (Phi) is 6.22. The number of nitrogens with one attached hydrogen (secondary N) is 1. The van der Waals surface area contributed by atoms with Crippen molar-refractivity contribution in [1.29, 1.82) is 0 Å². The Morgan fingerprint density at radius 1 is 1.25 bits per heavy atom. The quantitative estimate of drug-likeness (QED) is 0.868. The molecule has 0 fully saturated rings. The number of anilines is 1. The Balaban J connectivity index is 2.78. The summed E-state index contributed by atoms with van der Waals surface area (Å²) in [5.41, 5.74) is 3.03. The fraction of sp³-hybridized carbons (Fsp3) is 0.500. The summed E-state index contributed by atoms with van der Waals surface area (Å²) in [5.74, 6) is -0.208. The van der Waals surface area contributed by atoms with E-state index in [0.29, 0.717) is 6.54 Å². The van der Waals surface area contributed by atoms with E-state index in [1.165, 1.54) is 6.92 Å². The van der Waals surface area contributed by atoms with E-state index < -0.39 is 0 Å². The van der Waals surface area contributed by atoms with Crippen molar-refractivity contribution in [2.45, 2.75) is 40.5 Å². The molecular formula is C16H24N2O2. The van der Waals surface area contributed by atoms with Crippen LogP contribution in [0.3, 0.4) is 0 Å². The smallest absolute Gasteiger partial charge is 0.244 e. The van der Waals surface area contributed by atoms with Gasteiger partial charge in [-0.05, 0) is 30.9 Å². The molecule has 1 aromatic rings. The van der Waals surface area contributed by atoms with E-state index >= 15 is 0 Å². The SMILES string of the molecule is CCCN(CC(=O)Nc1c(C)cccc1CC)C(C)=O. The number of aryl methyl sites for hydroxylation is 2. The number of hydrogen-bond acceptors (Lipinski definition) is 2. The molecule has 110 valence electrons. The van der Waals surface area contributed by atoms with Gasteiger partial charge in [0, 0.05) is 19.2 Å². The molecule has 0 aliphatic rings. The lowest BCUT2D eigenvalue weighted by Gasteiger charge is -2.20. The van der Waals surface area contributed by atoms with E-state index in [2.05, 4.69) is 12.2 Å². The van der Waals surface area contributed by atoms with Gasteiger partial charge in [-0.2, -0.15) is 0 Å². The molecule has 0 radical (unpaired) electrons. The third-order valence-electron chi connectivity index (χ3n) is 3.28. The number of carbonyl (C=O) groups excluding carboxylic acids is 2. The normalized spacial score (nSPS) is 10.2. The second-order valence-electron chi connectivity index (χ2n) is 4.95. The molecule has 0 spiro atoms. The van der Waals surface area contributed by atoms with Crippen LogP contribution in [0.4, 0.5) is 5.69 Å². The number of para-hydroxylation sites is 1. The lowest BCUT2D eigenvalue weighted by molar-refractivity contribution is -0.132. The highest BCUT2D eigenvalue weighted by atomic mass is 16.2. The van der Waals surface area contributed by atoms with Crippen LogP contribution in [-0.2, 0) is 16.0 Å². The van der Waals surface area contributed by atoms with Gasteiger partial charge in [-0.15, -0.1) is 0 Å². The van der Waals surface area contributed by atoms with Crippen molar-refractivity contribution in [3.8, 4) is 0 Å². The molecule has 0 unspecified atom stereocenters. The third kappa shape index (κ3) is 4.37. The molecule has 0 aliphatic heterocycles. The van der Waals surface area contributed by atoms with Gasteiger partial charge >= 0.3 is 0 Å². The summed E-state index contributed by atoms with van der Waals surface area (Å²) in [6.07, 6.45) is 1.71. The van der Waals surface area contributed by atoms with Crippen molar-refractivity contribution in [2.24, 2.45) is 0 Å². The summed E-state index contributed by atoms with van der Waals surface area (Å²) < 4.78 is 0. The molecular weight excluding hydrogens is 252 g/mol. The van der Waals surface area contributed by atoms with E-state index in [0.717, 1.165) is 29.7 Å². The highest BCUT2D eigenvalue weighted by Gasteiger charge is 2.14. The highest BCUT2D eigenvalue weighted by Crippen LogP contribution is 2.20. The molecule has 4 nitrogen and oxygen atoms in total. The second-order valence-corrected chi connectivity index (χ2v) is 4.95. The summed E-state index contributed by atoms with van der Waals surface area (Å²) >= 11 is 0. The average molecular weight is 276 g/mol. The number of amides is 2. The van der Waals surface area contributed by atoms with Crippen LogP contribution in [0.2, 0.25) is 0 Å². The number of carbonyl (C=O) groups is 2. The molecule has 0 bridgehead atoms. The first-order chi connectivity index (χ1) is 9.49. The number of rotatable bonds is 6. The molecule has 0 saturated heterocycles. The first kappa shape index (κ1) is 16.2. The molecule has 2 amide bonds. The fourth-order valence-electron chi connectivity index (χ4n) is 2.17. The van der Waals surface area contributed by atoms with E-state index in [9.17, 15) is 9.59 Å². The zero-order chi connectivity index (χ0) is 15.1. The van der Waals surface area contributed by atoms with Gasteiger partial charge in [0.25, 0.3) is 0 Å². The van der Waals surface area contributed by atoms with E-state index in [-0.39, 0.29) is 18.4 Å². The van der Waals surface area contributed by atoms with Gasteiger partial charge in [0.15, 0.2) is 0 Å². The van der Waals surface area contributed by atoms with E-state index in [4.69, 9.17) is 0 Å². The Morgan fingerprint density at radius 3 is 2.50 bits per heavy atom. The fourth-order valence-corrected chi connectivity index (χ4v) is 2.17. The summed E-state index contributed by atoms with van der Waals surface area (Å²) in [7, 11) is 0. The average Bonchev–Trinajstić information content (AvgIpc) is 2.40. The van der Waals surface area contributed by atoms with Crippen LogP contribution < -0.4 is 5.32 Å². The largest absolute Gasteiger partial charge is 0.334 e. The molecule has 1 N–H and O–H groups in total. The monoisotopic (exact) mass is 276 g/mol. The molecule has 1 aromatic carbocycles. The van der Waals surface area contributed by atoms with Crippen molar-refractivity contribution >= 4 is 17.5 Å². The van der Waals surface area contributed by atoms with Crippen molar-refractivity contribution in [1.82, 2.24) is 4.90 Å². The van der Waals surface area contributed by atoms with Crippen LogP contribution in [0.15, 0.2) is 18.2 Å². The van der Waals surface area contributed by atoms with Crippen LogP contribution in [0.1, 0.15) is 38.3 Å². The highest BCUT2D eigenvalue weighted by molar-refractivity contribution is 5.95. The minimum Gasteiger partial charge on any atom is -0.334 e. The number of benzene rings is 1. The molecule has 20 heavy (non-hydrogen) atoms. The minimum atomic E-state index is -0.141. The molecule has 4 heteroatoms. The standard InChI is InChI=1S/C16H24N2O2/c1-5-10-18(13(4)19)11-15(20)17-16-12(3)8-7-9-14(16)6-2/h7-9H,5-6,10-11H2,1-4H3,(H,17,20). The van der Waals surface area contributed by atoms with Gasteiger partial charge in [0.05, 0.1) is 6.54 Å². The van der Waals surface area contributed by atoms with Crippen LogP contribution >= 0.6 is 0 Å². The van der Waals surface area contributed by atoms with Crippen LogP contribution in [-0.4, -0.2) is 29.8 Å². The molecule has 1 rings (SSSR count). The predicted octanol–water partition coefficient (Wildman–Crippen LogP) is 2.75. The van der Waals surface area contributed by atoms with E-state index in [1.807, 2.05) is 32.0 Å². The van der Waals surface area contributed by atoms with Gasteiger partial charge in [-0.3, -0.25) is 9.59 Å². The minimum absolute atomic E-state index is 0.0671. The maximum Gasteiger partial charge on any atom is 0.244 e. The molecule has 0 saturated carbocycles. The Hall–Kier alpha value is -1.84. The van der Waals surface area contributed by atoms with Gasteiger partial charge in [0.1, 0.15) is 0 Å². The predicted molar refractivity (Wildman–Crippen MR) is 81.7 cm³/mol. The maximum atomic E-state index is 12.1. The Morgan fingerprint density at radius 2 is 1.95 bits per heavy atom. The third-order valence-corrected chi connectivity index (χ3v) is 3.28. The van der Waals surface area contributed by atoms with Gasteiger partial charge in [-0.25, -0.2) is 0 Å². The van der Waals surface area contributed by atoms with Crippen molar-refractivity contribution in [2.75, 3.05) is 18.4 Å². The van der Waals surface area contributed by atoms with Crippen molar-refractivity contribution in [3.63, 3.8) is 0 Å². The molecule has 0 aliphatic carbocycles. The zero-order valence-electron chi connectivity index (χ0n) is 12.8. The number of hydrogen-bond donors (Lipinski definition) is 1. The second kappa shape index (κ2) is 7.68. The summed E-state index contributed by atoms with van der Waals surface area (Å²) in [6.45, 7) is 8.24. The van der Waals surface area contributed by atoms with Crippen LogP contribution in [0.25, 0.3) is 0 Å². The summed E-state index contributed by atoms with van der Waals surface area (Å²) in [4.78, 5) is 25.1. The lowest BCUT2D eigenvalue weighted by atomic mass is 10.1. The lowest BCUT2D eigenvalue weighted by Crippen LogP contribution is -2.37. The van der Waals surface area contributed by atoms with Crippen LogP contribution in [0, 0.1) is 6.92 Å². The number of nitrogens with zero attached hydrogens (tertiary/aromatic N) is 1. The maximum absolute atomic E-state index is 12.1. The van der Waals surface area contributed by atoms with Crippen LogP contribution in [0.5, 0.6) is 0 Å². The first-order valence-corrected chi connectivity index (χ1v) is 7.13. The first-order valence-electron chi connectivity index (χ1n) is 7.13. The zero-order valence-corrected chi connectivity index (χ0v) is 12.8. The Bertz CT molecular complexity index is 483. The van der Waals surface area contributed by atoms with Gasteiger partial charge in [-0.1, -0.05) is 32.0 Å². The molecule has 0 aromatic heterocycles. The Labute approximate surface area is 121 Å². The topological polar surface area (TPSA) is 49.4 Å². The van der Waals surface area contributed by atoms with Gasteiger partial charge in [0.2, 0.25) is 11.8 Å². The van der Waals surface area contributed by atoms with Crippen molar-refractivity contribution in [3.05, 3.63) is 29.3 Å².